The average molecular weight is 356 g/mol. The van der Waals surface area contributed by atoms with Gasteiger partial charge in [-0.3, -0.25) is 0 Å². The van der Waals surface area contributed by atoms with Crippen molar-refractivity contribution in [2.75, 3.05) is 0 Å². The number of benzene rings is 1. The third-order valence-electron chi connectivity index (χ3n) is 5.26. The first-order valence-corrected chi connectivity index (χ1v) is 9.58. The van der Waals surface area contributed by atoms with Crippen molar-refractivity contribution < 1.29 is 8.78 Å². The Morgan fingerprint density at radius 2 is 1.77 bits per heavy atom. The molecule has 1 saturated carbocycles. The minimum Gasteiger partial charge on any atom is -0.236 e. The average Bonchev–Trinajstić information content (AvgIpc) is 2.68. The van der Waals surface area contributed by atoms with Gasteiger partial charge in [-0.2, -0.15) is 0 Å². The predicted octanol–water partition coefficient (Wildman–Crippen LogP) is 6.13. The molecule has 3 rings (SSSR count). The van der Waals surface area contributed by atoms with Gasteiger partial charge in [0.2, 0.25) is 0 Å². The second-order valence-corrected chi connectivity index (χ2v) is 7.20. The predicted molar refractivity (Wildman–Crippen MR) is 101 cm³/mol. The second-order valence-electron chi connectivity index (χ2n) is 7.20. The molecule has 2 aromatic rings. The van der Waals surface area contributed by atoms with Crippen LogP contribution in [0.5, 0.6) is 0 Å². The van der Waals surface area contributed by atoms with Crippen LogP contribution in [0.4, 0.5) is 8.78 Å². The lowest BCUT2D eigenvalue weighted by atomic mass is 9.79. The molecule has 0 atom stereocenters. The van der Waals surface area contributed by atoms with Gasteiger partial charge in [0.25, 0.3) is 0 Å². The summed E-state index contributed by atoms with van der Waals surface area (Å²) < 4.78 is 26.4. The Morgan fingerprint density at radius 1 is 1.04 bits per heavy atom. The van der Waals surface area contributed by atoms with Crippen molar-refractivity contribution in [3.05, 3.63) is 59.9 Å². The Hall–Kier alpha value is -2.10. The van der Waals surface area contributed by atoms with E-state index in [4.69, 9.17) is 0 Å². The highest BCUT2D eigenvalue weighted by atomic mass is 19.2. The van der Waals surface area contributed by atoms with Crippen molar-refractivity contribution in [3.63, 3.8) is 0 Å². The molecule has 1 aromatic heterocycles. The van der Waals surface area contributed by atoms with Crippen molar-refractivity contribution in [1.82, 2.24) is 9.97 Å². The van der Waals surface area contributed by atoms with E-state index < -0.39 is 11.6 Å². The Kier molecular flexibility index (Phi) is 6.48. The number of aromatic nitrogens is 2. The number of aryl methyl sites for hydroxylation is 1. The highest BCUT2D eigenvalue weighted by Gasteiger charge is 2.19. The maximum atomic E-state index is 13.3. The number of allylic oxidation sites excluding steroid dienone is 2. The Labute approximate surface area is 154 Å². The number of halogens is 2. The Balaban J connectivity index is 1.50. The maximum absolute atomic E-state index is 13.3. The SMILES string of the molecule is CC/C=C/[C@H]1CC[C@H](CCc2cnc(-c3ccc(F)c(F)c3)nc2)CC1. The molecule has 0 saturated heterocycles. The first kappa shape index (κ1) is 18.7. The van der Waals surface area contributed by atoms with Crippen molar-refractivity contribution in [2.45, 2.75) is 51.9 Å². The molecular formula is C22H26F2N2. The minimum absolute atomic E-state index is 0.427. The first-order chi connectivity index (χ1) is 12.7. The van der Waals surface area contributed by atoms with E-state index in [1.54, 1.807) is 12.4 Å². The fourth-order valence-electron chi connectivity index (χ4n) is 3.64. The number of nitrogens with zero attached hydrogens (tertiary/aromatic N) is 2. The van der Waals surface area contributed by atoms with Crippen LogP contribution in [0.25, 0.3) is 11.4 Å². The minimum atomic E-state index is -0.875. The molecular weight excluding hydrogens is 330 g/mol. The van der Waals surface area contributed by atoms with Crippen LogP contribution in [0, 0.1) is 23.5 Å². The molecule has 0 radical (unpaired) electrons. The molecule has 0 N–H and O–H groups in total. The van der Waals surface area contributed by atoms with Crippen molar-refractivity contribution >= 4 is 0 Å². The van der Waals surface area contributed by atoms with Crippen LogP contribution in [0.15, 0.2) is 42.7 Å². The van der Waals surface area contributed by atoms with Gasteiger partial charge in [0.05, 0.1) is 0 Å². The van der Waals surface area contributed by atoms with Gasteiger partial charge in [-0.15, -0.1) is 0 Å². The summed E-state index contributed by atoms with van der Waals surface area (Å²) >= 11 is 0. The Morgan fingerprint density at radius 3 is 2.42 bits per heavy atom. The van der Waals surface area contributed by atoms with Crippen LogP contribution < -0.4 is 0 Å². The van der Waals surface area contributed by atoms with Gasteiger partial charge in [-0.05, 0) is 80.5 Å². The number of hydrogen-bond acceptors (Lipinski definition) is 2. The molecule has 1 fully saturated rings. The molecule has 1 heterocycles. The molecule has 0 spiro atoms. The van der Waals surface area contributed by atoms with Crippen LogP contribution in [0.2, 0.25) is 0 Å². The van der Waals surface area contributed by atoms with Gasteiger partial charge in [-0.1, -0.05) is 19.1 Å². The summed E-state index contributed by atoms with van der Waals surface area (Å²) in [6, 6.07) is 3.74. The van der Waals surface area contributed by atoms with Gasteiger partial charge < -0.3 is 0 Å². The van der Waals surface area contributed by atoms with Crippen LogP contribution in [0.1, 0.15) is 51.0 Å². The van der Waals surface area contributed by atoms with Crippen molar-refractivity contribution in [2.24, 2.45) is 11.8 Å². The van der Waals surface area contributed by atoms with E-state index in [-0.39, 0.29) is 0 Å². The van der Waals surface area contributed by atoms with Crippen LogP contribution in [0.3, 0.4) is 0 Å². The molecule has 0 aliphatic heterocycles. The van der Waals surface area contributed by atoms with Gasteiger partial charge in [-0.25, -0.2) is 18.7 Å². The third-order valence-corrected chi connectivity index (χ3v) is 5.26. The highest BCUT2D eigenvalue weighted by Crippen LogP contribution is 2.32. The lowest BCUT2D eigenvalue weighted by Gasteiger charge is -2.26. The van der Waals surface area contributed by atoms with Crippen LogP contribution >= 0.6 is 0 Å². The van der Waals surface area contributed by atoms with Crippen molar-refractivity contribution in [3.8, 4) is 11.4 Å². The summed E-state index contributed by atoms with van der Waals surface area (Å²) in [7, 11) is 0. The van der Waals surface area contributed by atoms with Gasteiger partial charge in [0.1, 0.15) is 0 Å². The summed E-state index contributed by atoms with van der Waals surface area (Å²) in [4.78, 5) is 8.64. The summed E-state index contributed by atoms with van der Waals surface area (Å²) in [6.07, 6.45) is 16.7. The van der Waals surface area contributed by atoms with E-state index in [0.717, 1.165) is 48.8 Å². The molecule has 1 aromatic carbocycles. The van der Waals surface area contributed by atoms with E-state index in [9.17, 15) is 8.78 Å². The maximum Gasteiger partial charge on any atom is 0.159 e. The lowest BCUT2D eigenvalue weighted by Crippen LogP contribution is -2.13. The van der Waals surface area contributed by atoms with E-state index in [1.165, 1.54) is 31.7 Å². The molecule has 1 aliphatic carbocycles. The number of rotatable bonds is 6. The Bertz CT molecular complexity index is 732. The summed E-state index contributed by atoms with van der Waals surface area (Å²) in [6.45, 7) is 2.18. The topological polar surface area (TPSA) is 25.8 Å². The van der Waals surface area contributed by atoms with Crippen molar-refractivity contribution in [1.29, 1.82) is 0 Å². The molecule has 0 unspecified atom stereocenters. The normalized spacial score (nSPS) is 20.6. The van der Waals surface area contributed by atoms with Crippen LogP contribution in [-0.4, -0.2) is 9.97 Å². The molecule has 0 bridgehead atoms. The molecule has 1 aliphatic rings. The quantitative estimate of drug-likeness (QED) is 0.582. The lowest BCUT2D eigenvalue weighted by molar-refractivity contribution is 0.296. The first-order valence-electron chi connectivity index (χ1n) is 9.58. The fraction of sp³-hybridized carbons (Fsp3) is 0.455. The van der Waals surface area contributed by atoms with E-state index >= 15 is 0 Å². The zero-order chi connectivity index (χ0) is 18.4. The van der Waals surface area contributed by atoms with E-state index in [2.05, 4.69) is 29.0 Å². The molecule has 2 nitrogen and oxygen atoms in total. The zero-order valence-electron chi connectivity index (χ0n) is 15.3. The monoisotopic (exact) mass is 356 g/mol. The van der Waals surface area contributed by atoms with Crippen LogP contribution in [-0.2, 0) is 6.42 Å². The second kappa shape index (κ2) is 9.02. The zero-order valence-corrected chi connectivity index (χ0v) is 15.3. The van der Waals surface area contributed by atoms with E-state index in [0.29, 0.717) is 11.4 Å². The van der Waals surface area contributed by atoms with E-state index in [1.807, 2.05) is 0 Å². The highest BCUT2D eigenvalue weighted by molar-refractivity contribution is 5.54. The smallest absolute Gasteiger partial charge is 0.159 e. The molecule has 26 heavy (non-hydrogen) atoms. The largest absolute Gasteiger partial charge is 0.236 e. The third kappa shape index (κ3) is 4.96. The molecule has 138 valence electrons. The molecule has 0 amide bonds. The summed E-state index contributed by atoms with van der Waals surface area (Å²) in [5, 5.41) is 0. The number of hydrogen-bond donors (Lipinski definition) is 0. The van der Waals surface area contributed by atoms with Gasteiger partial charge >= 0.3 is 0 Å². The van der Waals surface area contributed by atoms with Gasteiger partial charge in [0.15, 0.2) is 17.5 Å². The molecule has 4 heteroatoms. The standard InChI is InChI=1S/C22H26F2N2/c1-2-3-4-16-5-7-17(8-6-16)9-10-18-14-25-22(26-15-18)19-11-12-20(23)21(24)13-19/h3-4,11-17H,2,5-10H2,1H3/b4-3+/t16-,17-. The fourth-order valence-corrected chi connectivity index (χ4v) is 3.64. The summed E-state index contributed by atoms with van der Waals surface area (Å²) in [5.41, 5.74) is 1.60. The van der Waals surface area contributed by atoms with Gasteiger partial charge in [0, 0.05) is 18.0 Å². The summed E-state index contributed by atoms with van der Waals surface area (Å²) in [5.74, 6) is 0.248.